The van der Waals surface area contributed by atoms with Gasteiger partial charge in [-0.1, -0.05) is 26.3 Å². The molecule has 0 spiro atoms. The van der Waals surface area contributed by atoms with E-state index in [2.05, 4.69) is 41.3 Å². The Morgan fingerprint density at radius 2 is 0.606 bits per heavy atom. The number of isocyanates is 3. The van der Waals surface area contributed by atoms with Gasteiger partial charge in [0.05, 0.1) is 176 Å². The molecular formula is C71H112N6O27. The topological polar surface area (TPSA) is 412 Å². The SMILES string of the molecule is C=CC(=O)OCC(CO)(CO)COCC(COC(=O)C=C)(COC(=O)C=C)COC(=O)C=C.COCCOCCOCCOCCOCCOCCOCCOCCOCCO.O=C=NCC1CCC(Cn2c(=O)n(CC3CCC(CN=C=O)CC3)c(=O)n(CC3CCC(CN=C=O)CC3)c2=O)CC1. The van der Waals surface area contributed by atoms with Gasteiger partial charge in [0.1, 0.15) is 26.4 Å². The fourth-order valence-corrected chi connectivity index (χ4v) is 11.2. The zero-order valence-corrected chi connectivity index (χ0v) is 60.5. The van der Waals surface area contributed by atoms with Gasteiger partial charge in [0.25, 0.3) is 0 Å². The lowest BCUT2D eigenvalue weighted by molar-refractivity contribution is -0.165. The molecule has 3 aliphatic rings. The van der Waals surface area contributed by atoms with E-state index in [1.807, 2.05) is 0 Å². The minimum atomic E-state index is -1.38. The fraction of sp³-hybridized carbons (Fsp3) is 0.746. The van der Waals surface area contributed by atoms with Crippen LogP contribution in [-0.4, -0.2) is 270 Å². The van der Waals surface area contributed by atoms with Gasteiger partial charge in [-0.25, -0.2) is 76.6 Å². The first-order chi connectivity index (χ1) is 50.5. The molecule has 0 atom stereocenters. The van der Waals surface area contributed by atoms with Crippen molar-refractivity contribution in [1.29, 1.82) is 0 Å². The molecule has 3 N–H and O–H groups in total. The Morgan fingerprint density at radius 3 is 0.837 bits per heavy atom. The Morgan fingerprint density at radius 1 is 0.375 bits per heavy atom. The van der Waals surface area contributed by atoms with Gasteiger partial charge in [-0.2, -0.15) is 0 Å². The van der Waals surface area contributed by atoms with Crippen molar-refractivity contribution in [3.05, 3.63) is 82.1 Å². The first kappa shape index (κ1) is 93.0. The first-order valence-electron chi connectivity index (χ1n) is 35.2. The minimum absolute atomic E-state index is 0.0322. The molecule has 33 heteroatoms. The molecule has 1 heterocycles. The van der Waals surface area contributed by atoms with Crippen LogP contribution in [0.2, 0.25) is 0 Å². The molecule has 3 aliphatic carbocycles. The maximum Gasteiger partial charge on any atom is 0.336 e. The summed E-state index contributed by atoms with van der Waals surface area (Å²) in [6, 6.07) is 0. The number of aromatic nitrogens is 3. The molecule has 0 bridgehead atoms. The summed E-state index contributed by atoms with van der Waals surface area (Å²) in [6.07, 6.45) is 18.6. The molecule has 1 aromatic rings. The van der Waals surface area contributed by atoms with Crippen molar-refractivity contribution in [3.63, 3.8) is 0 Å². The third-order valence-electron chi connectivity index (χ3n) is 17.4. The van der Waals surface area contributed by atoms with Gasteiger partial charge in [-0.05, 0) is 113 Å². The molecule has 0 amide bonds. The van der Waals surface area contributed by atoms with Crippen LogP contribution in [0.4, 0.5) is 0 Å². The number of aliphatic imine (C=N–C) groups is 3. The van der Waals surface area contributed by atoms with Gasteiger partial charge in [-0.3, -0.25) is 0 Å². The summed E-state index contributed by atoms with van der Waals surface area (Å²) >= 11 is 0. The number of hydrogen-bond donors (Lipinski definition) is 3. The van der Waals surface area contributed by atoms with E-state index in [0.717, 1.165) is 101 Å². The van der Waals surface area contributed by atoms with Crippen molar-refractivity contribution in [2.45, 2.75) is 96.7 Å². The molecular weight excluding hydrogens is 1370 g/mol. The normalized spacial score (nSPS) is 17.8. The van der Waals surface area contributed by atoms with E-state index in [9.17, 15) is 58.2 Å². The van der Waals surface area contributed by atoms with Crippen molar-refractivity contribution in [2.75, 3.05) is 199 Å². The molecule has 1 aromatic heterocycles. The molecule has 588 valence electrons. The zero-order valence-electron chi connectivity index (χ0n) is 60.5. The largest absolute Gasteiger partial charge is 0.462 e. The lowest BCUT2D eigenvalue weighted by atomic mass is 9.82. The quantitative estimate of drug-likeness (QED) is 0.0210. The second-order valence-electron chi connectivity index (χ2n) is 25.3. The van der Waals surface area contributed by atoms with E-state index in [-0.39, 0.29) is 63.8 Å². The molecule has 0 unspecified atom stereocenters. The highest BCUT2D eigenvalue weighted by molar-refractivity contribution is 5.82. The van der Waals surface area contributed by atoms with Crippen molar-refractivity contribution < 1.29 is 115 Å². The number of ether oxygens (including phenoxy) is 14. The van der Waals surface area contributed by atoms with Crippen LogP contribution in [0.25, 0.3) is 0 Å². The van der Waals surface area contributed by atoms with Crippen LogP contribution in [0.3, 0.4) is 0 Å². The van der Waals surface area contributed by atoms with Gasteiger partial charge in [0, 0.05) is 51.0 Å². The Balaban J connectivity index is 0.000000542. The van der Waals surface area contributed by atoms with Crippen LogP contribution in [0.1, 0.15) is 77.0 Å². The molecule has 0 saturated heterocycles. The van der Waals surface area contributed by atoms with Gasteiger partial charge in [0.2, 0.25) is 18.2 Å². The van der Waals surface area contributed by atoms with E-state index in [4.69, 9.17) is 71.4 Å². The molecule has 104 heavy (non-hydrogen) atoms. The van der Waals surface area contributed by atoms with Gasteiger partial charge in [-0.15, -0.1) is 0 Å². The van der Waals surface area contributed by atoms with Crippen LogP contribution in [0.15, 0.2) is 80.0 Å². The molecule has 3 saturated carbocycles. The summed E-state index contributed by atoms with van der Waals surface area (Å²) in [5, 5.41) is 28.0. The highest BCUT2D eigenvalue weighted by Crippen LogP contribution is 2.33. The number of carbonyl (C=O) groups excluding carboxylic acids is 7. The van der Waals surface area contributed by atoms with E-state index in [1.54, 1.807) is 25.3 Å². The van der Waals surface area contributed by atoms with Crippen LogP contribution < -0.4 is 17.1 Å². The lowest BCUT2D eigenvalue weighted by Crippen LogP contribution is -2.56. The molecule has 0 aliphatic heterocycles. The Hall–Kier alpha value is -7.13. The number of nitrogens with zero attached hydrogens (tertiary/aromatic N) is 6. The monoisotopic (exact) mass is 1480 g/mol. The van der Waals surface area contributed by atoms with Crippen LogP contribution in [-0.2, 0) is 120 Å². The van der Waals surface area contributed by atoms with Crippen molar-refractivity contribution in [2.24, 2.45) is 61.3 Å². The number of aliphatic hydroxyl groups is 3. The molecule has 3 fully saturated rings. The summed E-state index contributed by atoms with van der Waals surface area (Å²) < 4.78 is 77.0. The first-order valence-corrected chi connectivity index (χ1v) is 35.2. The summed E-state index contributed by atoms with van der Waals surface area (Å²) in [7, 11) is 1.64. The second kappa shape index (κ2) is 59.1. The number of rotatable bonds is 56. The second-order valence-corrected chi connectivity index (χ2v) is 25.3. The third kappa shape index (κ3) is 41.0. The number of hydrogen-bond acceptors (Lipinski definition) is 30. The average molecular weight is 1480 g/mol. The number of carbonyl (C=O) groups is 4. The van der Waals surface area contributed by atoms with E-state index < -0.39 is 84.8 Å². The van der Waals surface area contributed by atoms with E-state index >= 15 is 0 Å². The predicted octanol–water partition coefficient (Wildman–Crippen LogP) is 2.23. The molecule has 33 nitrogen and oxygen atoms in total. The summed E-state index contributed by atoms with van der Waals surface area (Å²) in [5.74, 6) is -1.81. The minimum Gasteiger partial charge on any atom is -0.462 e. The van der Waals surface area contributed by atoms with E-state index in [0.29, 0.717) is 150 Å². The van der Waals surface area contributed by atoms with Crippen LogP contribution >= 0.6 is 0 Å². The smallest absolute Gasteiger partial charge is 0.336 e. The Bertz CT molecular complexity index is 2650. The molecule has 4 rings (SSSR count). The van der Waals surface area contributed by atoms with Crippen molar-refractivity contribution >= 4 is 42.1 Å². The number of esters is 4. The van der Waals surface area contributed by atoms with Gasteiger partial charge in [0.15, 0.2) is 0 Å². The summed E-state index contributed by atoms with van der Waals surface area (Å²) in [6.45, 7) is 20.7. The maximum absolute atomic E-state index is 13.7. The average Bonchev–Trinajstić information content (AvgIpc) is 0.774. The standard InChI is InChI=1S/C30H42N6O6.C22H30O11.C19H40O10/c37-19-31-13-22-1-7-25(8-2-22)16-34-28(40)35(17-26-9-3-23(4-10-26)14-32-20-38)30(42)36(29(34)41)18-27-11-5-24(6-12-27)15-33-21-39;1-5-17(25)30-13-21(9-23,10-24)11-29-12-22(14-31-18(26)6-2,15-32-19(27)7-3)16-33-20(28)8-4;1-21-4-5-23-8-9-25-12-13-27-16-17-29-19-18-28-15-14-26-11-10-24-7-6-22-3-2-20/h22-27H,1-18H2;5-8,23-24H,1-4,9-16H2;20H,2-19H2,1H3. The maximum atomic E-state index is 13.7. The number of aliphatic hydroxyl groups excluding tert-OH is 3. The van der Waals surface area contributed by atoms with Gasteiger partial charge >= 0.3 is 40.9 Å². The van der Waals surface area contributed by atoms with Crippen molar-refractivity contribution in [1.82, 2.24) is 13.7 Å². The van der Waals surface area contributed by atoms with Crippen LogP contribution in [0.5, 0.6) is 0 Å². The third-order valence-corrected chi connectivity index (χ3v) is 17.4. The van der Waals surface area contributed by atoms with E-state index in [1.165, 1.54) is 13.7 Å². The lowest BCUT2D eigenvalue weighted by Gasteiger charge is -2.34. The Kier molecular flexibility index (Phi) is 52.8. The zero-order chi connectivity index (χ0) is 76.3. The molecule has 0 aromatic carbocycles. The molecule has 0 radical (unpaired) electrons. The predicted molar refractivity (Wildman–Crippen MR) is 375 cm³/mol. The highest BCUT2D eigenvalue weighted by Gasteiger charge is 2.39. The fourth-order valence-electron chi connectivity index (χ4n) is 11.2. The summed E-state index contributed by atoms with van der Waals surface area (Å²) in [5.41, 5.74) is -4.35. The highest BCUT2D eigenvalue weighted by atomic mass is 16.6. The Labute approximate surface area is 607 Å². The van der Waals surface area contributed by atoms with Crippen LogP contribution in [0, 0.1) is 46.3 Å². The summed E-state index contributed by atoms with van der Waals surface area (Å²) in [4.78, 5) is 130. The van der Waals surface area contributed by atoms with Crippen molar-refractivity contribution in [3.8, 4) is 0 Å². The number of methoxy groups -OCH3 is 1. The van der Waals surface area contributed by atoms with Gasteiger partial charge < -0.3 is 81.6 Å².